The number of aryl methyl sites for hydroxylation is 1. The Bertz CT molecular complexity index is 660. The number of hydrogen-bond donors (Lipinski definition) is 3. The Morgan fingerprint density at radius 3 is 2.67 bits per heavy atom. The van der Waals surface area contributed by atoms with Crippen LogP contribution in [-0.4, -0.2) is 24.2 Å². The summed E-state index contributed by atoms with van der Waals surface area (Å²) in [6, 6.07) is 11.9. The number of carbonyl (C=O) groups excluding carboxylic acids is 1. The van der Waals surface area contributed by atoms with Gasteiger partial charge in [0.25, 0.3) is 0 Å². The lowest BCUT2D eigenvalue weighted by atomic mass is 10.1. The van der Waals surface area contributed by atoms with E-state index in [4.69, 9.17) is 4.74 Å². The number of ether oxygens (including phenoxy) is 1. The highest BCUT2D eigenvalue weighted by Gasteiger charge is 2.25. The predicted molar refractivity (Wildman–Crippen MR) is 91.1 cm³/mol. The van der Waals surface area contributed by atoms with Crippen LogP contribution in [0.25, 0.3) is 0 Å². The first-order valence-electron chi connectivity index (χ1n) is 8.08. The molecular weight excluding hydrogens is 304 g/mol. The van der Waals surface area contributed by atoms with E-state index in [1.807, 2.05) is 36.4 Å². The number of benzene rings is 1. The molecule has 0 saturated carbocycles. The van der Waals surface area contributed by atoms with Gasteiger partial charge in [-0.05, 0) is 41.8 Å². The van der Waals surface area contributed by atoms with E-state index >= 15 is 0 Å². The molecule has 6 heteroatoms. The van der Waals surface area contributed by atoms with Crippen LogP contribution in [0.5, 0.6) is 5.75 Å². The summed E-state index contributed by atoms with van der Waals surface area (Å²) in [7, 11) is 1.64. The number of rotatable bonds is 6. The van der Waals surface area contributed by atoms with Crippen LogP contribution >= 0.6 is 0 Å². The lowest BCUT2D eigenvalue weighted by Crippen LogP contribution is -2.44. The molecule has 1 saturated heterocycles. The Morgan fingerprint density at radius 1 is 1.21 bits per heavy atom. The maximum absolute atomic E-state index is 12.1. The third kappa shape index (κ3) is 4.31. The van der Waals surface area contributed by atoms with Crippen molar-refractivity contribution in [2.45, 2.75) is 31.5 Å². The van der Waals surface area contributed by atoms with E-state index in [1.54, 1.807) is 19.5 Å². The first kappa shape index (κ1) is 16.4. The minimum Gasteiger partial charge on any atom is -0.497 e. The van der Waals surface area contributed by atoms with Gasteiger partial charge in [-0.15, -0.1) is 0 Å². The maximum atomic E-state index is 12.1. The van der Waals surface area contributed by atoms with Gasteiger partial charge in [-0.25, -0.2) is 10.9 Å². The largest absolute Gasteiger partial charge is 0.497 e. The summed E-state index contributed by atoms with van der Waals surface area (Å²) in [6.45, 7) is 0. The number of nitrogens with one attached hydrogen (secondary N) is 3. The second kappa shape index (κ2) is 7.90. The number of methoxy groups -OCH3 is 1. The summed E-state index contributed by atoms with van der Waals surface area (Å²) < 4.78 is 5.13. The summed E-state index contributed by atoms with van der Waals surface area (Å²) in [6.07, 6.45) is 5.47. The van der Waals surface area contributed by atoms with E-state index < -0.39 is 0 Å². The lowest BCUT2D eigenvalue weighted by Gasteiger charge is -2.12. The summed E-state index contributed by atoms with van der Waals surface area (Å²) in [5, 5.41) is 3.02. The first-order valence-corrected chi connectivity index (χ1v) is 8.08. The minimum absolute atomic E-state index is 0.0421. The fourth-order valence-corrected chi connectivity index (χ4v) is 2.78. The van der Waals surface area contributed by atoms with Gasteiger partial charge in [0.15, 0.2) is 0 Å². The van der Waals surface area contributed by atoms with Crippen molar-refractivity contribution in [2.75, 3.05) is 7.11 Å². The van der Waals surface area contributed by atoms with Crippen molar-refractivity contribution >= 4 is 5.91 Å². The summed E-state index contributed by atoms with van der Waals surface area (Å²) in [5.74, 6) is 0.868. The maximum Gasteiger partial charge on any atom is 0.221 e. The standard InChI is InChI=1S/C18H22N4O2/c1-24-15-5-2-13(3-6-15)4-7-18(23)20-17-12-16(21-22-17)14-8-10-19-11-9-14/h2-3,5-6,8-11,16-17,21-22H,4,7,12H2,1H3,(H,20,23). The highest BCUT2D eigenvalue weighted by Crippen LogP contribution is 2.20. The van der Waals surface area contributed by atoms with Gasteiger partial charge in [-0.2, -0.15) is 0 Å². The molecule has 1 fully saturated rings. The van der Waals surface area contributed by atoms with Crippen LogP contribution in [0.4, 0.5) is 0 Å². The van der Waals surface area contributed by atoms with Crippen molar-refractivity contribution in [2.24, 2.45) is 0 Å². The SMILES string of the molecule is COc1ccc(CCC(=O)NC2CC(c3ccncc3)NN2)cc1. The fourth-order valence-electron chi connectivity index (χ4n) is 2.78. The molecule has 3 N–H and O–H groups in total. The van der Waals surface area contributed by atoms with Gasteiger partial charge < -0.3 is 10.1 Å². The van der Waals surface area contributed by atoms with Crippen LogP contribution in [0.3, 0.4) is 0 Å². The van der Waals surface area contributed by atoms with Crippen LogP contribution in [-0.2, 0) is 11.2 Å². The van der Waals surface area contributed by atoms with Gasteiger partial charge in [0, 0.05) is 31.3 Å². The van der Waals surface area contributed by atoms with Gasteiger partial charge in [0.1, 0.15) is 5.75 Å². The highest BCUT2D eigenvalue weighted by atomic mass is 16.5. The Morgan fingerprint density at radius 2 is 1.96 bits per heavy atom. The molecule has 2 unspecified atom stereocenters. The number of hydrogen-bond acceptors (Lipinski definition) is 5. The molecule has 0 bridgehead atoms. The normalized spacial score (nSPS) is 19.9. The van der Waals surface area contributed by atoms with E-state index in [1.165, 1.54) is 0 Å². The molecule has 6 nitrogen and oxygen atoms in total. The van der Waals surface area contributed by atoms with Crippen LogP contribution in [0, 0.1) is 0 Å². The second-order valence-corrected chi connectivity index (χ2v) is 5.83. The Hall–Kier alpha value is -2.44. The van der Waals surface area contributed by atoms with E-state index in [-0.39, 0.29) is 18.1 Å². The quantitative estimate of drug-likeness (QED) is 0.753. The number of aromatic nitrogens is 1. The zero-order chi connectivity index (χ0) is 16.8. The lowest BCUT2D eigenvalue weighted by molar-refractivity contribution is -0.121. The molecule has 1 aromatic carbocycles. The van der Waals surface area contributed by atoms with Crippen molar-refractivity contribution in [1.82, 2.24) is 21.2 Å². The van der Waals surface area contributed by atoms with Crippen LogP contribution < -0.4 is 20.9 Å². The van der Waals surface area contributed by atoms with Crippen molar-refractivity contribution < 1.29 is 9.53 Å². The van der Waals surface area contributed by atoms with Gasteiger partial charge in [-0.1, -0.05) is 12.1 Å². The summed E-state index contributed by atoms with van der Waals surface area (Å²) in [5.41, 5.74) is 8.62. The molecule has 0 radical (unpaired) electrons. The second-order valence-electron chi connectivity index (χ2n) is 5.83. The Balaban J connectivity index is 1.44. The Kier molecular flexibility index (Phi) is 5.40. The molecule has 1 aliphatic rings. The molecule has 1 aliphatic heterocycles. The molecule has 2 heterocycles. The predicted octanol–water partition coefficient (Wildman–Crippen LogP) is 1.70. The monoisotopic (exact) mass is 326 g/mol. The molecule has 0 aliphatic carbocycles. The van der Waals surface area contributed by atoms with E-state index in [0.717, 1.165) is 23.3 Å². The zero-order valence-electron chi connectivity index (χ0n) is 13.7. The molecule has 1 amide bonds. The van der Waals surface area contributed by atoms with E-state index in [9.17, 15) is 4.79 Å². The molecule has 24 heavy (non-hydrogen) atoms. The number of nitrogens with zero attached hydrogens (tertiary/aromatic N) is 1. The average Bonchev–Trinajstić information content (AvgIpc) is 3.09. The first-order chi connectivity index (χ1) is 11.7. The van der Waals surface area contributed by atoms with Crippen molar-refractivity contribution in [3.63, 3.8) is 0 Å². The molecule has 2 aromatic rings. The van der Waals surface area contributed by atoms with Gasteiger partial charge >= 0.3 is 0 Å². The third-order valence-electron chi connectivity index (χ3n) is 4.15. The number of hydrazine groups is 1. The van der Waals surface area contributed by atoms with Gasteiger partial charge in [0.05, 0.1) is 13.3 Å². The molecule has 0 spiro atoms. The summed E-state index contributed by atoms with van der Waals surface area (Å²) >= 11 is 0. The van der Waals surface area contributed by atoms with E-state index in [2.05, 4.69) is 21.2 Å². The van der Waals surface area contributed by atoms with Crippen LogP contribution in [0.1, 0.15) is 30.0 Å². The molecule has 126 valence electrons. The molecular formula is C18H22N4O2. The average molecular weight is 326 g/mol. The third-order valence-corrected chi connectivity index (χ3v) is 4.15. The van der Waals surface area contributed by atoms with Crippen molar-refractivity contribution in [3.8, 4) is 5.75 Å². The van der Waals surface area contributed by atoms with Crippen molar-refractivity contribution in [1.29, 1.82) is 0 Å². The fraction of sp³-hybridized carbons (Fsp3) is 0.333. The minimum atomic E-state index is -0.0634. The topological polar surface area (TPSA) is 75.3 Å². The molecule has 1 aromatic heterocycles. The summed E-state index contributed by atoms with van der Waals surface area (Å²) in [4.78, 5) is 16.1. The van der Waals surface area contributed by atoms with Crippen LogP contribution in [0.15, 0.2) is 48.8 Å². The van der Waals surface area contributed by atoms with E-state index in [0.29, 0.717) is 12.8 Å². The molecule has 3 rings (SSSR count). The van der Waals surface area contributed by atoms with Crippen LogP contribution in [0.2, 0.25) is 0 Å². The van der Waals surface area contributed by atoms with Crippen molar-refractivity contribution in [3.05, 3.63) is 59.9 Å². The number of carbonyl (C=O) groups is 1. The zero-order valence-corrected chi connectivity index (χ0v) is 13.7. The number of amides is 1. The Labute approximate surface area is 141 Å². The number of pyridine rings is 1. The van der Waals surface area contributed by atoms with Gasteiger partial charge in [-0.3, -0.25) is 9.78 Å². The smallest absolute Gasteiger partial charge is 0.221 e. The highest BCUT2D eigenvalue weighted by molar-refractivity contribution is 5.76. The molecule has 2 atom stereocenters. The van der Waals surface area contributed by atoms with Gasteiger partial charge in [0.2, 0.25) is 5.91 Å².